The van der Waals surface area contributed by atoms with Gasteiger partial charge in [0.05, 0.1) is 39.6 Å². The van der Waals surface area contributed by atoms with Gasteiger partial charge in [-0.15, -0.1) is 0 Å². The standard InChI is InChI=1S/C22H13F15N2O2/c1-41-16(22(35,36)37)14-15(10-4-2-8(18(23,24)25)6-11(10)20(29,30)31)38-39(17(14)40)13-5-3-9(19(26,27)28)7-12(13)21(32,33)34/h2-7,14,16-17,40H,1H3. The van der Waals surface area contributed by atoms with Crippen LogP contribution in [0.2, 0.25) is 0 Å². The molecule has 4 nitrogen and oxygen atoms in total. The maximum Gasteiger partial charge on any atom is 0.418 e. The molecule has 0 saturated carbocycles. The summed E-state index contributed by atoms with van der Waals surface area (Å²) in [6, 6.07) is -0.788. The van der Waals surface area contributed by atoms with E-state index >= 15 is 0 Å². The van der Waals surface area contributed by atoms with Crippen LogP contribution in [0.3, 0.4) is 0 Å². The third kappa shape index (κ3) is 6.49. The van der Waals surface area contributed by atoms with E-state index in [0.29, 0.717) is 7.11 Å². The van der Waals surface area contributed by atoms with Crippen molar-refractivity contribution in [2.75, 3.05) is 12.1 Å². The van der Waals surface area contributed by atoms with E-state index in [4.69, 9.17) is 0 Å². The molecule has 1 aliphatic rings. The lowest BCUT2D eigenvalue weighted by Crippen LogP contribution is -2.48. The zero-order chi connectivity index (χ0) is 31.5. The first-order valence-electron chi connectivity index (χ1n) is 10.6. The van der Waals surface area contributed by atoms with Gasteiger partial charge in [-0.2, -0.15) is 71.0 Å². The van der Waals surface area contributed by atoms with Crippen molar-refractivity contribution >= 4 is 11.4 Å². The topological polar surface area (TPSA) is 45.1 Å². The van der Waals surface area contributed by atoms with Crippen molar-refractivity contribution in [3.05, 3.63) is 64.2 Å². The van der Waals surface area contributed by atoms with Crippen LogP contribution >= 0.6 is 0 Å². The summed E-state index contributed by atoms with van der Waals surface area (Å²) in [5, 5.41) is 13.6. The molecule has 1 aliphatic heterocycles. The van der Waals surface area contributed by atoms with Crippen molar-refractivity contribution in [2.24, 2.45) is 11.0 Å². The summed E-state index contributed by atoms with van der Waals surface area (Å²) in [7, 11) is 0.363. The summed E-state index contributed by atoms with van der Waals surface area (Å²) < 4.78 is 207. The predicted molar refractivity (Wildman–Crippen MR) is 108 cm³/mol. The molecule has 0 bridgehead atoms. The predicted octanol–water partition coefficient (Wildman–Crippen LogP) is 7.50. The van der Waals surface area contributed by atoms with Crippen LogP contribution < -0.4 is 5.01 Å². The number of anilines is 1. The van der Waals surface area contributed by atoms with Gasteiger partial charge < -0.3 is 9.84 Å². The fourth-order valence-electron chi connectivity index (χ4n) is 4.07. The number of rotatable bonds is 4. The lowest BCUT2D eigenvalue weighted by molar-refractivity contribution is -0.228. The SMILES string of the molecule is COC(C1C(c2ccc(C(F)(F)F)cc2C(F)(F)F)=NN(c2ccc(C(F)(F)F)cc2C(F)(F)F)C1O)C(F)(F)F. The van der Waals surface area contributed by atoms with Crippen LogP contribution in [0.25, 0.3) is 0 Å². The summed E-state index contributed by atoms with van der Waals surface area (Å²) in [6.45, 7) is 0. The van der Waals surface area contributed by atoms with Crippen molar-refractivity contribution in [3.63, 3.8) is 0 Å². The van der Waals surface area contributed by atoms with E-state index in [0.717, 1.165) is 0 Å². The highest BCUT2D eigenvalue weighted by Crippen LogP contribution is 2.46. The molecule has 3 atom stereocenters. The Labute approximate surface area is 218 Å². The Morgan fingerprint density at radius 3 is 1.59 bits per heavy atom. The number of aliphatic hydroxyl groups is 1. The molecule has 0 saturated heterocycles. The summed E-state index contributed by atoms with van der Waals surface area (Å²) >= 11 is 0. The summed E-state index contributed by atoms with van der Waals surface area (Å²) in [6.07, 6.45) is -33.9. The minimum absolute atomic E-state index is 0.0217. The number of hydrogen-bond donors (Lipinski definition) is 1. The molecule has 0 spiro atoms. The Balaban J connectivity index is 2.37. The number of aliphatic hydroxyl groups excluding tert-OH is 1. The minimum Gasteiger partial charge on any atom is -0.371 e. The van der Waals surface area contributed by atoms with Gasteiger partial charge in [0.1, 0.15) is 0 Å². The second-order valence-electron chi connectivity index (χ2n) is 8.45. The molecule has 0 fully saturated rings. The van der Waals surface area contributed by atoms with Crippen LogP contribution in [0, 0.1) is 5.92 Å². The maximum absolute atomic E-state index is 13.8. The number of methoxy groups -OCH3 is 1. The molecule has 1 N–H and O–H groups in total. The highest BCUT2D eigenvalue weighted by atomic mass is 19.4. The first-order chi connectivity index (χ1) is 18.4. The highest BCUT2D eigenvalue weighted by molar-refractivity contribution is 6.06. The quantitative estimate of drug-likeness (QED) is 0.360. The molecule has 19 heteroatoms. The molecular formula is C22H13F15N2O2. The van der Waals surface area contributed by atoms with Crippen molar-refractivity contribution in [1.82, 2.24) is 0 Å². The number of halogens is 15. The van der Waals surface area contributed by atoms with Gasteiger partial charge in [0.15, 0.2) is 12.3 Å². The van der Waals surface area contributed by atoms with E-state index in [1.807, 2.05) is 0 Å². The van der Waals surface area contributed by atoms with Gasteiger partial charge in [-0.05, 0) is 30.3 Å². The Hall–Kier alpha value is -3.22. The van der Waals surface area contributed by atoms with Gasteiger partial charge >= 0.3 is 30.9 Å². The molecule has 0 radical (unpaired) electrons. The van der Waals surface area contributed by atoms with Crippen molar-refractivity contribution < 1.29 is 75.7 Å². The molecule has 0 amide bonds. The van der Waals surface area contributed by atoms with Crippen molar-refractivity contribution in [2.45, 2.75) is 43.2 Å². The van der Waals surface area contributed by atoms with Crippen LogP contribution in [-0.2, 0) is 29.4 Å². The van der Waals surface area contributed by atoms with E-state index in [9.17, 15) is 71.0 Å². The van der Waals surface area contributed by atoms with Crippen LogP contribution in [-0.4, -0.2) is 36.4 Å². The van der Waals surface area contributed by atoms with E-state index in [1.54, 1.807) is 0 Å². The zero-order valence-electron chi connectivity index (χ0n) is 19.6. The normalized spacial score (nSPS) is 19.9. The molecule has 2 aromatic rings. The third-order valence-electron chi connectivity index (χ3n) is 5.81. The second-order valence-corrected chi connectivity index (χ2v) is 8.45. The number of ether oxygens (including phenoxy) is 1. The van der Waals surface area contributed by atoms with Crippen LogP contribution in [0.15, 0.2) is 41.5 Å². The molecule has 3 unspecified atom stereocenters. The maximum atomic E-state index is 13.8. The zero-order valence-corrected chi connectivity index (χ0v) is 19.6. The monoisotopic (exact) mass is 622 g/mol. The van der Waals surface area contributed by atoms with Gasteiger partial charge in [0.25, 0.3) is 0 Å². The largest absolute Gasteiger partial charge is 0.418 e. The van der Waals surface area contributed by atoms with Gasteiger partial charge in [-0.25, -0.2) is 5.01 Å². The average Bonchev–Trinajstić information content (AvgIpc) is 3.12. The van der Waals surface area contributed by atoms with Gasteiger partial charge in [0.2, 0.25) is 0 Å². The third-order valence-corrected chi connectivity index (χ3v) is 5.81. The number of hydrazone groups is 1. The van der Waals surface area contributed by atoms with Gasteiger partial charge in [-0.3, -0.25) is 0 Å². The Bertz CT molecular complexity index is 1310. The number of alkyl halides is 15. The molecule has 0 aromatic heterocycles. The van der Waals surface area contributed by atoms with Crippen molar-refractivity contribution in [1.29, 1.82) is 0 Å². The van der Waals surface area contributed by atoms with E-state index in [-0.39, 0.29) is 29.3 Å². The smallest absolute Gasteiger partial charge is 0.371 e. The fraction of sp³-hybridized carbons (Fsp3) is 0.409. The van der Waals surface area contributed by atoms with Gasteiger partial charge in [0, 0.05) is 12.7 Å². The molecule has 3 rings (SSSR count). The molecule has 2 aromatic carbocycles. The molecule has 1 heterocycles. The Kier molecular flexibility index (Phi) is 8.07. The van der Waals surface area contributed by atoms with Crippen LogP contribution in [0.1, 0.15) is 27.8 Å². The summed E-state index contributed by atoms with van der Waals surface area (Å²) in [4.78, 5) is 0. The molecule has 228 valence electrons. The number of benzene rings is 2. The lowest BCUT2D eigenvalue weighted by atomic mass is 9.87. The van der Waals surface area contributed by atoms with Crippen LogP contribution in [0.4, 0.5) is 71.5 Å². The Morgan fingerprint density at radius 2 is 1.17 bits per heavy atom. The molecule has 0 aliphatic carbocycles. The highest BCUT2D eigenvalue weighted by Gasteiger charge is 2.56. The Morgan fingerprint density at radius 1 is 0.707 bits per heavy atom. The van der Waals surface area contributed by atoms with E-state index < -0.39 is 100 Å². The van der Waals surface area contributed by atoms with Gasteiger partial charge in [-0.1, -0.05) is 6.07 Å². The van der Waals surface area contributed by atoms with Crippen LogP contribution in [0.5, 0.6) is 0 Å². The van der Waals surface area contributed by atoms with E-state index in [1.165, 1.54) is 0 Å². The second kappa shape index (κ2) is 10.2. The molecular weight excluding hydrogens is 609 g/mol. The summed E-state index contributed by atoms with van der Waals surface area (Å²) in [5.41, 5.74) is -12.7. The summed E-state index contributed by atoms with van der Waals surface area (Å²) in [5.74, 6) is -2.83. The average molecular weight is 622 g/mol. The lowest BCUT2D eigenvalue weighted by Gasteiger charge is -2.31. The van der Waals surface area contributed by atoms with E-state index in [2.05, 4.69) is 9.84 Å². The first-order valence-corrected chi connectivity index (χ1v) is 10.6. The minimum atomic E-state index is -5.70. The first kappa shape index (κ1) is 32.3. The van der Waals surface area contributed by atoms with Crippen molar-refractivity contribution in [3.8, 4) is 0 Å². The fourth-order valence-corrected chi connectivity index (χ4v) is 4.07. The number of hydrogen-bond acceptors (Lipinski definition) is 4. The molecule has 41 heavy (non-hydrogen) atoms. The number of nitrogens with zero attached hydrogens (tertiary/aromatic N) is 2.